The van der Waals surface area contributed by atoms with E-state index in [1.54, 1.807) is 6.92 Å². The molecular formula is C22H24O4. The predicted molar refractivity (Wildman–Crippen MR) is 100 cm³/mol. The van der Waals surface area contributed by atoms with Gasteiger partial charge in [0.05, 0.1) is 17.7 Å². The zero-order valence-corrected chi connectivity index (χ0v) is 15.3. The molecule has 1 heterocycles. The van der Waals surface area contributed by atoms with Crippen molar-refractivity contribution in [2.75, 3.05) is 6.61 Å². The van der Waals surface area contributed by atoms with E-state index < -0.39 is 0 Å². The minimum atomic E-state index is -0.356. The van der Waals surface area contributed by atoms with Crippen LogP contribution in [0.25, 0.3) is 11.1 Å². The first-order valence-electron chi connectivity index (χ1n) is 9.25. The predicted octanol–water partition coefficient (Wildman–Crippen LogP) is 4.93. The smallest absolute Gasteiger partial charge is 0.339 e. The number of rotatable bonds is 7. The van der Waals surface area contributed by atoms with E-state index >= 15 is 0 Å². The Morgan fingerprint density at radius 2 is 1.88 bits per heavy atom. The summed E-state index contributed by atoms with van der Waals surface area (Å²) in [5.41, 5.74) is 4.49. The molecule has 26 heavy (non-hydrogen) atoms. The summed E-state index contributed by atoms with van der Waals surface area (Å²) in [7, 11) is 0. The first-order valence-corrected chi connectivity index (χ1v) is 9.25. The van der Waals surface area contributed by atoms with Crippen LogP contribution in [0.2, 0.25) is 0 Å². The lowest BCUT2D eigenvalue weighted by Gasteiger charge is -2.16. The van der Waals surface area contributed by atoms with Crippen LogP contribution in [0.5, 0.6) is 0 Å². The van der Waals surface area contributed by atoms with E-state index in [0.29, 0.717) is 17.7 Å². The van der Waals surface area contributed by atoms with E-state index in [2.05, 4.69) is 6.92 Å². The highest BCUT2D eigenvalue weighted by Gasteiger charge is 2.31. The number of unbranched alkanes of at least 4 members (excludes halogenated alkanes) is 2. The molecule has 2 aromatic rings. The summed E-state index contributed by atoms with van der Waals surface area (Å²) in [6.07, 6.45) is 3.91. The summed E-state index contributed by atoms with van der Waals surface area (Å²) >= 11 is 0. The Morgan fingerprint density at radius 1 is 1.12 bits per heavy atom. The van der Waals surface area contributed by atoms with Gasteiger partial charge in [-0.2, -0.15) is 0 Å². The summed E-state index contributed by atoms with van der Waals surface area (Å²) in [5, 5.41) is 0. The van der Waals surface area contributed by atoms with Gasteiger partial charge in [0.15, 0.2) is 0 Å². The molecule has 0 unspecified atom stereocenters. The summed E-state index contributed by atoms with van der Waals surface area (Å²) in [6.45, 7) is 4.45. The van der Waals surface area contributed by atoms with Crippen molar-refractivity contribution in [2.45, 2.75) is 46.1 Å². The van der Waals surface area contributed by atoms with E-state index in [-0.39, 0.29) is 18.5 Å². The van der Waals surface area contributed by atoms with Crippen molar-refractivity contribution in [1.29, 1.82) is 0 Å². The third-order valence-electron chi connectivity index (χ3n) is 4.67. The molecule has 0 aromatic heterocycles. The van der Waals surface area contributed by atoms with Crippen molar-refractivity contribution >= 4 is 11.9 Å². The molecule has 0 radical (unpaired) electrons. The number of carbonyl (C=O) groups is 2. The van der Waals surface area contributed by atoms with Gasteiger partial charge in [-0.15, -0.1) is 0 Å². The molecule has 0 N–H and O–H groups in total. The number of fused-ring (bicyclic) bond motifs is 1. The third-order valence-corrected chi connectivity index (χ3v) is 4.67. The maximum absolute atomic E-state index is 12.7. The Kier molecular flexibility index (Phi) is 5.71. The van der Waals surface area contributed by atoms with Gasteiger partial charge in [-0.1, -0.05) is 50.1 Å². The maximum atomic E-state index is 12.7. The van der Waals surface area contributed by atoms with E-state index in [9.17, 15) is 9.59 Å². The summed E-state index contributed by atoms with van der Waals surface area (Å²) in [6, 6.07) is 11.5. The van der Waals surface area contributed by atoms with Crippen LogP contribution in [0.1, 0.15) is 65.0 Å². The lowest BCUT2D eigenvalue weighted by Crippen LogP contribution is -2.11. The van der Waals surface area contributed by atoms with Crippen LogP contribution in [-0.2, 0) is 22.5 Å². The molecule has 0 saturated carbocycles. The van der Waals surface area contributed by atoms with Gasteiger partial charge in [-0.3, -0.25) is 0 Å². The first-order chi connectivity index (χ1) is 12.7. The van der Waals surface area contributed by atoms with Gasteiger partial charge in [-0.25, -0.2) is 9.59 Å². The number of esters is 2. The van der Waals surface area contributed by atoms with Crippen LogP contribution in [0, 0.1) is 0 Å². The fraction of sp³-hybridized carbons (Fsp3) is 0.364. The molecule has 0 spiro atoms. The molecule has 0 bridgehead atoms. The van der Waals surface area contributed by atoms with Gasteiger partial charge in [0.25, 0.3) is 0 Å². The van der Waals surface area contributed by atoms with E-state index in [1.165, 1.54) is 0 Å². The second kappa shape index (κ2) is 8.17. The largest absolute Gasteiger partial charge is 0.462 e. The van der Waals surface area contributed by atoms with Crippen LogP contribution < -0.4 is 0 Å². The van der Waals surface area contributed by atoms with Crippen molar-refractivity contribution < 1.29 is 19.1 Å². The van der Waals surface area contributed by atoms with Crippen molar-refractivity contribution in [3.05, 3.63) is 58.7 Å². The molecule has 2 aromatic carbocycles. The number of aryl methyl sites for hydroxylation is 1. The normalized spacial score (nSPS) is 12.6. The summed E-state index contributed by atoms with van der Waals surface area (Å²) in [4.78, 5) is 25.0. The first kappa shape index (κ1) is 18.2. The van der Waals surface area contributed by atoms with E-state index in [1.807, 2.05) is 36.4 Å². The van der Waals surface area contributed by atoms with Gasteiger partial charge < -0.3 is 9.47 Å². The van der Waals surface area contributed by atoms with Gasteiger partial charge in [-0.05, 0) is 37.0 Å². The van der Waals surface area contributed by atoms with Gasteiger partial charge in [0.1, 0.15) is 6.61 Å². The monoisotopic (exact) mass is 352 g/mol. The minimum Gasteiger partial charge on any atom is -0.462 e. The minimum absolute atomic E-state index is 0.201. The highest BCUT2D eigenvalue weighted by molar-refractivity contribution is 6.04. The van der Waals surface area contributed by atoms with Crippen LogP contribution in [0.15, 0.2) is 36.4 Å². The Hall–Kier alpha value is -2.62. The third kappa shape index (κ3) is 3.50. The lowest BCUT2D eigenvalue weighted by molar-refractivity contribution is 0.0523. The van der Waals surface area contributed by atoms with E-state index in [4.69, 9.17) is 9.47 Å². The topological polar surface area (TPSA) is 52.6 Å². The van der Waals surface area contributed by atoms with Gasteiger partial charge in [0.2, 0.25) is 0 Å². The molecule has 4 heteroatoms. The van der Waals surface area contributed by atoms with Crippen molar-refractivity contribution in [1.82, 2.24) is 0 Å². The Bertz CT molecular complexity index is 809. The summed E-state index contributed by atoms with van der Waals surface area (Å²) in [5.74, 6) is -0.649. The molecular weight excluding hydrogens is 328 g/mol. The van der Waals surface area contributed by atoms with Crippen LogP contribution >= 0.6 is 0 Å². The molecule has 0 amide bonds. The number of cyclic esters (lactones) is 1. The van der Waals surface area contributed by atoms with Crippen molar-refractivity contribution in [2.24, 2.45) is 0 Å². The standard InChI is InChI=1S/C22H24O4/c1-3-5-7-12-16-13-17(21(23)25-4-2)19(15-10-8-6-9-11-15)18-14-26-22(24)20(16)18/h6,8-11,13H,3-5,7,12,14H2,1-2H3. The van der Waals surface area contributed by atoms with E-state index in [0.717, 1.165) is 47.9 Å². The number of benzene rings is 2. The second-order valence-electron chi connectivity index (χ2n) is 6.43. The molecule has 0 atom stereocenters. The van der Waals surface area contributed by atoms with Crippen LogP contribution in [-0.4, -0.2) is 18.5 Å². The van der Waals surface area contributed by atoms with Gasteiger partial charge in [0, 0.05) is 11.1 Å². The van der Waals surface area contributed by atoms with Crippen LogP contribution in [0.4, 0.5) is 0 Å². The second-order valence-corrected chi connectivity index (χ2v) is 6.43. The molecule has 0 saturated heterocycles. The number of carbonyl (C=O) groups excluding carboxylic acids is 2. The number of hydrogen-bond donors (Lipinski definition) is 0. The molecule has 1 aliphatic rings. The fourth-order valence-electron chi connectivity index (χ4n) is 3.48. The van der Waals surface area contributed by atoms with Crippen molar-refractivity contribution in [3.63, 3.8) is 0 Å². The highest BCUT2D eigenvalue weighted by atomic mass is 16.5. The summed E-state index contributed by atoms with van der Waals surface area (Å²) < 4.78 is 10.6. The Balaban J connectivity index is 2.19. The SMILES string of the molecule is CCCCCc1cc(C(=O)OCC)c(-c2ccccc2)c2c1C(=O)OC2. The zero-order chi connectivity index (χ0) is 18.5. The molecule has 4 nitrogen and oxygen atoms in total. The average molecular weight is 352 g/mol. The average Bonchev–Trinajstić information content (AvgIpc) is 3.04. The molecule has 136 valence electrons. The van der Waals surface area contributed by atoms with Crippen molar-refractivity contribution in [3.8, 4) is 11.1 Å². The van der Waals surface area contributed by atoms with Gasteiger partial charge >= 0.3 is 11.9 Å². The molecule has 0 aliphatic carbocycles. The van der Waals surface area contributed by atoms with Crippen LogP contribution in [0.3, 0.4) is 0 Å². The quantitative estimate of drug-likeness (QED) is 0.523. The fourth-order valence-corrected chi connectivity index (χ4v) is 3.48. The number of ether oxygens (including phenoxy) is 2. The highest BCUT2D eigenvalue weighted by Crippen LogP contribution is 2.37. The Morgan fingerprint density at radius 3 is 2.58 bits per heavy atom. The lowest BCUT2D eigenvalue weighted by atomic mass is 9.87. The number of hydrogen-bond acceptors (Lipinski definition) is 4. The molecule has 1 aliphatic heterocycles. The maximum Gasteiger partial charge on any atom is 0.339 e. The molecule has 3 rings (SSSR count). The molecule has 0 fully saturated rings. The zero-order valence-electron chi connectivity index (χ0n) is 15.3. The Labute approximate surface area is 154 Å².